The first kappa shape index (κ1) is 26.4. The number of ether oxygens (including phenoxy) is 4. The molecule has 0 spiro atoms. The van der Waals surface area contributed by atoms with Crippen molar-refractivity contribution >= 4 is 23.1 Å². The smallest absolute Gasteiger partial charge is 0.507 e. The van der Waals surface area contributed by atoms with Gasteiger partial charge in [0.25, 0.3) is 11.7 Å². The molecule has 1 fully saturated rings. The summed E-state index contributed by atoms with van der Waals surface area (Å²) in [7, 11) is 4.24. The zero-order valence-electron chi connectivity index (χ0n) is 20.4. The standard InChI is InChI=1S/C27H22F3NO7/c1-35-18-6-4-5-15(13-18)23-22(24(32)20-14-19(36-2)11-12-21(20)37-3)25(33)26(34)31(23)16-7-9-17(10-8-16)38-27(28,29)30/h4-14,23,32H,1-3H3/b24-22+. The Kier molecular flexibility index (Phi) is 7.20. The van der Waals surface area contributed by atoms with Crippen molar-refractivity contribution in [3.63, 3.8) is 0 Å². The quantitative estimate of drug-likeness (QED) is 0.254. The highest BCUT2D eigenvalue weighted by atomic mass is 19.4. The fraction of sp³-hybridized carbons (Fsp3) is 0.185. The Morgan fingerprint density at radius 2 is 1.47 bits per heavy atom. The lowest BCUT2D eigenvalue weighted by atomic mass is 9.94. The summed E-state index contributed by atoms with van der Waals surface area (Å²) in [5, 5.41) is 11.4. The normalized spacial score (nSPS) is 16.9. The number of ketones is 1. The molecule has 0 saturated carbocycles. The molecular weight excluding hydrogens is 507 g/mol. The maximum Gasteiger partial charge on any atom is 0.573 e. The summed E-state index contributed by atoms with van der Waals surface area (Å²) in [5.41, 5.74) is 0.353. The summed E-state index contributed by atoms with van der Waals surface area (Å²) in [6.45, 7) is 0. The molecule has 1 amide bonds. The number of benzene rings is 3. The molecular formula is C27H22F3NO7. The number of Topliss-reactive ketones (excluding diaryl/α,β-unsaturated/α-hetero) is 1. The predicted octanol–water partition coefficient (Wildman–Crippen LogP) is 5.24. The molecule has 11 heteroatoms. The summed E-state index contributed by atoms with van der Waals surface area (Å²) in [4.78, 5) is 27.8. The van der Waals surface area contributed by atoms with E-state index < -0.39 is 35.6 Å². The van der Waals surface area contributed by atoms with Gasteiger partial charge in [-0.05, 0) is 60.2 Å². The van der Waals surface area contributed by atoms with E-state index in [0.717, 1.165) is 17.0 Å². The Bertz CT molecular complexity index is 1400. The molecule has 1 heterocycles. The van der Waals surface area contributed by atoms with Crippen LogP contribution in [0.2, 0.25) is 0 Å². The average Bonchev–Trinajstić information content (AvgIpc) is 3.17. The van der Waals surface area contributed by atoms with Crippen LogP contribution in [-0.2, 0) is 9.59 Å². The van der Waals surface area contributed by atoms with Crippen LogP contribution in [0.4, 0.5) is 18.9 Å². The summed E-state index contributed by atoms with van der Waals surface area (Å²) < 4.78 is 57.7. The number of carbonyl (C=O) groups excluding carboxylic acids is 2. The molecule has 0 bridgehead atoms. The van der Waals surface area contributed by atoms with Crippen LogP contribution in [0.5, 0.6) is 23.0 Å². The Morgan fingerprint density at radius 1 is 0.842 bits per heavy atom. The van der Waals surface area contributed by atoms with E-state index in [1.165, 1.54) is 45.6 Å². The largest absolute Gasteiger partial charge is 0.573 e. The second-order valence-corrected chi connectivity index (χ2v) is 8.05. The monoisotopic (exact) mass is 529 g/mol. The van der Waals surface area contributed by atoms with Crippen LogP contribution >= 0.6 is 0 Å². The maximum absolute atomic E-state index is 13.4. The number of rotatable bonds is 7. The summed E-state index contributed by atoms with van der Waals surface area (Å²) in [6, 6.07) is 14.4. The number of hydrogen-bond donors (Lipinski definition) is 1. The minimum atomic E-state index is -4.90. The van der Waals surface area contributed by atoms with Gasteiger partial charge in [-0.3, -0.25) is 14.5 Å². The summed E-state index contributed by atoms with van der Waals surface area (Å²) in [6.07, 6.45) is -4.90. The number of amides is 1. The third kappa shape index (κ3) is 5.08. The number of anilines is 1. The van der Waals surface area contributed by atoms with Gasteiger partial charge in [-0.25, -0.2) is 0 Å². The SMILES string of the molecule is COc1cccc(C2/C(=C(\O)c3cc(OC)ccc3OC)C(=O)C(=O)N2c2ccc(OC(F)(F)F)cc2)c1. The number of nitrogens with zero attached hydrogens (tertiary/aromatic N) is 1. The fourth-order valence-corrected chi connectivity index (χ4v) is 4.18. The molecule has 198 valence electrons. The van der Waals surface area contributed by atoms with E-state index in [-0.39, 0.29) is 22.6 Å². The van der Waals surface area contributed by atoms with Crippen LogP contribution in [-0.4, -0.2) is 44.5 Å². The Balaban J connectivity index is 1.92. The number of carbonyl (C=O) groups is 2. The lowest BCUT2D eigenvalue weighted by Gasteiger charge is -2.26. The van der Waals surface area contributed by atoms with Crippen LogP contribution in [0.25, 0.3) is 5.76 Å². The fourth-order valence-electron chi connectivity index (χ4n) is 4.18. The molecule has 1 aliphatic heterocycles. The molecule has 3 aromatic rings. The second kappa shape index (κ2) is 10.4. The zero-order chi connectivity index (χ0) is 27.6. The first-order valence-electron chi connectivity index (χ1n) is 11.1. The van der Waals surface area contributed by atoms with Crippen molar-refractivity contribution in [3.05, 3.63) is 83.4 Å². The second-order valence-electron chi connectivity index (χ2n) is 8.05. The van der Waals surface area contributed by atoms with Gasteiger partial charge >= 0.3 is 6.36 Å². The summed E-state index contributed by atoms with van der Waals surface area (Å²) >= 11 is 0. The number of halogens is 3. The number of alkyl halides is 3. The van der Waals surface area contributed by atoms with Crippen LogP contribution in [0.1, 0.15) is 17.2 Å². The van der Waals surface area contributed by atoms with Gasteiger partial charge in [0.05, 0.1) is 38.5 Å². The predicted molar refractivity (Wildman–Crippen MR) is 130 cm³/mol. The zero-order valence-corrected chi connectivity index (χ0v) is 20.4. The van der Waals surface area contributed by atoms with Gasteiger partial charge in [-0.2, -0.15) is 0 Å². The number of methoxy groups -OCH3 is 3. The maximum atomic E-state index is 13.4. The first-order valence-corrected chi connectivity index (χ1v) is 11.1. The van der Waals surface area contributed by atoms with E-state index in [4.69, 9.17) is 14.2 Å². The third-order valence-electron chi connectivity index (χ3n) is 5.86. The Hall–Kier alpha value is -4.67. The van der Waals surface area contributed by atoms with E-state index in [1.54, 1.807) is 30.3 Å². The van der Waals surface area contributed by atoms with Crippen molar-refractivity contribution in [2.45, 2.75) is 12.4 Å². The lowest BCUT2D eigenvalue weighted by Crippen LogP contribution is -2.29. The van der Waals surface area contributed by atoms with Crippen molar-refractivity contribution in [1.29, 1.82) is 0 Å². The van der Waals surface area contributed by atoms with Gasteiger partial charge in [0.2, 0.25) is 0 Å². The van der Waals surface area contributed by atoms with Gasteiger partial charge in [0.1, 0.15) is 28.8 Å². The van der Waals surface area contributed by atoms with Crippen LogP contribution < -0.4 is 23.8 Å². The number of aliphatic hydroxyl groups excluding tert-OH is 1. The molecule has 3 aromatic carbocycles. The van der Waals surface area contributed by atoms with Gasteiger partial charge in [-0.1, -0.05) is 12.1 Å². The van der Waals surface area contributed by atoms with Crippen molar-refractivity contribution in [2.75, 3.05) is 26.2 Å². The molecule has 0 aromatic heterocycles. The molecule has 38 heavy (non-hydrogen) atoms. The molecule has 1 N–H and O–H groups in total. The molecule has 1 aliphatic rings. The van der Waals surface area contributed by atoms with E-state index in [1.807, 2.05) is 0 Å². The topological polar surface area (TPSA) is 94.5 Å². The molecule has 1 unspecified atom stereocenters. The van der Waals surface area contributed by atoms with Crippen molar-refractivity contribution < 1.29 is 46.8 Å². The van der Waals surface area contributed by atoms with Crippen molar-refractivity contribution in [1.82, 2.24) is 0 Å². The molecule has 8 nitrogen and oxygen atoms in total. The number of aliphatic hydroxyl groups is 1. The van der Waals surface area contributed by atoms with E-state index in [9.17, 15) is 27.9 Å². The number of hydrogen-bond acceptors (Lipinski definition) is 7. The molecule has 4 rings (SSSR count). The average molecular weight is 529 g/mol. The molecule has 1 saturated heterocycles. The van der Waals surface area contributed by atoms with Gasteiger partial charge in [0, 0.05) is 5.69 Å². The highest BCUT2D eigenvalue weighted by Gasteiger charge is 2.47. The minimum absolute atomic E-state index is 0.103. The third-order valence-corrected chi connectivity index (χ3v) is 5.86. The Morgan fingerprint density at radius 3 is 2.08 bits per heavy atom. The minimum Gasteiger partial charge on any atom is -0.507 e. The molecule has 0 aliphatic carbocycles. The summed E-state index contributed by atoms with van der Waals surface area (Å²) in [5.74, 6) is -2.03. The van der Waals surface area contributed by atoms with Crippen LogP contribution in [0, 0.1) is 0 Å². The van der Waals surface area contributed by atoms with Crippen LogP contribution in [0.15, 0.2) is 72.3 Å². The van der Waals surface area contributed by atoms with Gasteiger partial charge in [0.15, 0.2) is 0 Å². The van der Waals surface area contributed by atoms with Crippen molar-refractivity contribution in [3.8, 4) is 23.0 Å². The van der Waals surface area contributed by atoms with Crippen molar-refractivity contribution in [2.24, 2.45) is 0 Å². The van der Waals surface area contributed by atoms with Gasteiger partial charge < -0.3 is 24.1 Å². The highest BCUT2D eigenvalue weighted by Crippen LogP contribution is 2.44. The Labute approximate surface area is 215 Å². The van der Waals surface area contributed by atoms with E-state index in [0.29, 0.717) is 17.1 Å². The molecule has 1 atom stereocenters. The molecule has 0 radical (unpaired) electrons. The lowest BCUT2D eigenvalue weighted by molar-refractivity contribution is -0.274. The van der Waals surface area contributed by atoms with Crippen LogP contribution in [0.3, 0.4) is 0 Å². The van der Waals surface area contributed by atoms with E-state index in [2.05, 4.69) is 4.74 Å². The van der Waals surface area contributed by atoms with E-state index >= 15 is 0 Å². The first-order chi connectivity index (χ1) is 18.1. The van der Waals surface area contributed by atoms with Gasteiger partial charge in [-0.15, -0.1) is 13.2 Å². The highest BCUT2D eigenvalue weighted by molar-refractivity contribution is 6.51.